The van der Waals surface area contributed by atoms with Crippen molar-refractivity contribution in [3.63, 3.8) is 0 Å². The number of nitrogens with zero attached hydrogens (tertiary/aromatic N) is 1. The van der Waals surface area contributed by atoms with Gasteiger partial charge >= 0.3 is 5.97 Å². The molecule has 0 aliphatic rings. The number of halogens is 3. The molecule has 0 bridgehead atoms. The molecule has 21 heavy (non-hydrogen) atoms. The topological polar surface area (TPSA) is 96.4 Å². The van der Waals surface area contributed by atoms with E-state index in [-0.39, 0.29) is 43.6 Å². The molecular weight excluding hydrogens is 339 g/mol. The van der Waals surface area contributed by atoms with Gasteiger partial charge in [-0.15, -0.1) is 37.2 Å². The van der Waals surface area contributed by atoms with E-state index in [2.05, 4.69) is 4.98 Å². The van der Waals surface area contributed by atoms with E-state index in [1.165, 1.54) is 0 Å². The molecule has 0 saturated carbocycles. The Bertz CT molecular complexity index is 303. The number of carboxylic acids is 1. The highest BCUT2D eigenvalue weighted by Gasteiger charge is 2.18. The second-order valence-corrected chi connectivity index (χ2v) is 4.48. The van der Waals surface area contributed by atoms with Gasteiger partial charge in [-0.25, -0.2) is 0 Å². The minimum atomic E-state index is -1.01. The van der Waals surface area contributed by atoms with Crippen LogP contribution in [0.3, 0.4) is 0 Å². The van der Waals surface area contributed by atoms with Gasteiger partial charge in [0.15, 0.2) is 0 Å². The zero-order chi connectivity index (χ0) is 14.0. The molecule has 1 heterocycles. The fourth-order valence-electron chi connectivity index (χ4n) is 1.34. The van der Waals surface area contributed by atoms with Crippen molar-refractivity contribution in [2.24, 2.45) is 11.7 Å². The molecule has 0 unspecified atom stereocenters. The van der Waals surface area contributed by atoms with Crippen molar-refractivity contribution >= 4 is 43.2 Å². The van der Waals surface area contributed by atoms with Gasteiger partial charge < -0.3 is 15.9 Å². The third-order valence-corrected chi connectivity index (χ3v) is 2.19. The standard InChI is InChI=1S/C8H17NO3.C5H5N.3ClH/c1-5(2)3-6(9)7(10)4-8(11)12;1-2-4-6-5-3-1;;;/h5-7,10H,3-4,9H2,1-2H3,(H,11,12);1-5H;3*1H/t6-,7-;;;;/m0..../s1. The first kappa shape index (κ1) is 28.6. The first-order valence-corrected chi connectivity index (χ1v) is 5.94. The molecule has 0 saturated heterocycles. The fourth-order valence-corrected chi connectivity index (χ4v) is 1.34. The summed E-state index contributed by atoms with van der Waals surface area (Å²) >= 11 is 0. The van der Waals surface area contributed by atoms with E-state index >= 15 is 0 Å². The molecule has 0 amide bonds. The molecule has 1 aromatic rings. The highest BCUT2D eigenvalue weighted by molar-refractivity contribution is 5.86. The molecule has 0 aliphatic heterocycles. The zero-order valence-corrected chi connectivity index (χ0v) is 14.5. The molecule has 126 valence electrons. The predicted molar refractivity (Wildman–Crippen MR) is 91.7 cm³/mol. The summed E-state index contributed by atoms with van der Waals surface area (Å²) in [6.45, 7) is 3.96. The van der Waals surface area contributed by atoms with Crippen molar-refractivity contribution in [1.29, 1.82) is 0 Å². The molecule has 0 spiro atoms. The van der Waals surface area contributed by atoms with Gasteiger partial charge in [0.1, 0.15) is 0 Å². The summed E-state index contributed by atoms with van der Waals surface area (Å²) < 4.78 is 0. The highest BCUT2D eigenvalue weighted by atomic mass is 35.5. The van der Waals surface area contributed by atoms with Gasteiger partial charge in [0.2, 0.25) is 0 Å². The second-order valence-electron chi connectivity index (χ2n) is 4.48. The van der Waals surface area contributed by atoms with Crippen LogP contribution in [-0.4, -0.2) is 33.3 Å². The SMILES string of the molecule is CC(C)C[C@H](N)[C@@H](O)CC(=O)O.Cl.Cl.Cl.c1ccncc1. The molecular formula is C13H25Cl3N2O3. The Hall–Kier alpha value is -0.590. The minimum Gasteiger partial charge on any atom is -0.481 e. The van der Waals surface area contributed by atoms with Crippen molar-refractivity contribution in [3.8, 4) is 0 Å². The summed E-state index contributed by atoms with van der Waals surface area (Å²) in [5.41, 5.74) is 5.55. The predicted octanol–water partition coefficient (Wildman–Crippen LogP) is 2.54. The first-order chi connectivity index (χ1) is 8.43. The van der Waals surface area contributed by atoms with Crippen LogP contribution in [0.25, 0.3) is 0 Å². The smallest absolute Gasteiger partial charge is 0.306 e. The minimum absolute atomic E-state index is 0. The molecule has 5 nitrogen and oxygen atoms in total. The lowest BCUT2D eigenvalue weighted by Crippen LogP contribution is -2.37. The van der Waals surface area contributed by atoms with Crippen LogP contribution < -0.4 is 5.73 Å². The number of aliphatic carboxylic acids is 1. The Kier molecular flexibility index (Phi) is 23.7. The third kappa shape index (κ3) is 19.4. The highest BCUT2D eigenvalue weighted by Crippen LogP contribution is 2.08. The van der Waals surface area contributed by atoms with Crippen molar-refractivity contribution in [2.75, 3.05) is 0 Å². The maximum Gasteiger partial charge on any atom is 0.306 e. The van der Waals surface area contributed by atoms with Gasteiger partial charge in [0.25, 0.3) is 0 Å². The third-order valence-electron chi connectivity index (χ3n) is 2.19. The molecule has 4 N–H and O–H groups in total. The van der Waals surface area contributed by atoms with Crippen LogP contribution in [0.4, 0.5) is 0 Å². The lowest BCUT2D eigenvalue weighted by atomic mass is 9.98. The Morgan fingerprint density at radius 3 is 1.86 bits per heavy atom. The number of hydrogen-bond donors (Lipinski definition) is 3. The van der Waals surface area contributed by atoms with Crippen molar-refractivity contribution in [2.45, 2.75) is 38.8 Å². The van der Waals surface area contributed by atoms with Crippen LogP contribution in [0.15, 0.2) is 30.6 Å². The Labute approximate surface area is 144 Å². The van der Waals surface area contributed by atoms with E-state index in [9.17, 15) is 9.90 Å². The van der Waals surface area contributed by atoms with Crippen molar-refractivity contribution in [1.82, 2.24) is 4.98 Å². The van der Waals surface area contributed by atoms with E-state index in [4.69, 9.17) is 10.8 Å². The van der Waals surface area contributed by atoms with Gasteiger partial charge in [-0.3, -0.25) is 9.78 Å². The average Bonchev–Trinajstić information content (AvgIpc) is 2.30. The van der Waals surface area contributed by atoms with Gasteiger partial charge in [-0.2, -0.15) is 0 Å². The molecule has 2 atom stereocenters. The van der Waals surface area contributed by atoms with Crippen LogP contribution >= 0.6 is 37.2 Å². The Morgan fingerprint density at radius 1 is 1.14 bits per heavy atom. The molecule has 0 radical (unpaired) electrons. The summed E-state index contributed by atoms with van der Waals surface area (Å²) in [5.74, 6) is -0.634. The quantitative estimate of drug-likeness (QED) is 0.747. The van der Waals surface area contributed by atoms with Gasteiger partial charge in [0, 0.05) is 18.4 Å². The number of hydrogen-bond acceptors (Lipinski definition) is 4. The first-order valence-electron chi connectivity index (χ1n) is 5.94. The number of aliphatic hydroxyl groups excluding tert-OH is 1. The molecule has 8 heteroatoms. The van der Waals surface area contributed by atoms with Gasteiger partial charge in [0.05, 0.1) is 12.5 Å². The molecule has 0 aromatic carbocycles. The Morgan fingerprint density at radius 2 is 1.62 bits per heavy atom. The lowest BCUT2D eigenvalue weighted by Gasteiger charge is -2.18. The van der Waals surface area contributed by atoms with Crippen molar-refractivity contribution in [3.05, 3.63) is 30.6 Å². The van der Waals surface area contributed by atoms with E-state index in [1.54, 1.807) is 12.4 Å². The summed E-state index contributed by atoms with van der Waals surface area (Å²) in [6, 6.07) is 5.29. The number of carbonyl (C=O) groups is 1. The van der Waals surface area contributed by atoms with E-state index in [0.29, 0.717) is 12.3 Å². The number of aromatic nitrogens is 1. The number of aliphatic hydroxyl groups is 1. The van der Waals surface area contributed by atoms with Crippen LogP contribution in [0, 0.1) is 5.92 Å². The lowest BCUT2D eigenvalue weighted by molar-refractivity contribution is -0.139. The number of nitrogens with two attached hydrogens (primary N) is 1. The van der Waals surface area contributed by atoms with Crippen LogP contribution in [0.2, 0.25) is 0 Å². The summed E-state index contributed by atoms with van der Waals surface area (Å²) in [4.78, 5) is 14.0. The Balaban J connectivity index is -0.000000138. The summed E-state index contributed by atoms with van der Waals surface area (Å²) in [6.07, 6.45) is 2.95. The van der Waals surface area contributed by atoms with Crippen LogP contribution in [0.5, 0.6) is 0 Å². The van der Waals surface area contributed by atoms with E-state index in [1.807, 2.05) is 32.0 Å². The molecule has 1 aromatic heterocycles. The molecule has 0 fully saturated rings. The number of carboxylic acid groups (broad SMARTS) is 1. The van der Waals surface area contributed by atoms with E-state index in [0.717, 1.165) is 0 Å². The summed E-state index contributed by atoms with van der Waals surface area (Å²) in [5, 5.41) is 17.6. The van der Waals surface area contributed by atoms with Crippen LogP contribution in [-0.2, 0) is 4.79 Å². The average molecular weight is 364 g/mol. The summed E-state index contributed by atoms with van der Waals surface area (Å²) in [7, 11) is 0. The van der Waals surface area contributed by atoms with Crippen LogP contribution in [0.1, 0.15) is 26.7 Å². The van der Waals surface area contributed by atoms with Gasteiger partial charge in [-0.05, 0) is 24.5 Å². The fraction of sp³-hybridized carbons (Fsp3) is 0.538. The maximum absolute atomic E-state index is 10.2. The normalized spacial score (nSPS) is 11.5. The van der Waals surface area contributed by atoms with E-state index < -0.39 is 18.1 Å². The largest absolute Gasteiger partial charge is 0.481 e. The molecule has 0 aliphatic carbocycles. The number of pyridine rings is 1. The zero-order valence-electron chi connectivity index (χ0n) is 12.1. The van der Waals surface area contributed by atoms with Crippen molar-refractivity contribution < 1.29 is 15.0 Å². The molecule has 1 rings (SSSR count). The number of rotatable bonds is 5. The monoisotopic (exact) mass is 362 g/mol. The van der Waals surface area contributed by atoms with Gasteiger partial charge in [-0.1, -0.05) is 19.9 Å². The maximum atomic E-state index is 10.2. The second kappa shape index (κ2) is 17.5.